The second-order valence-corrected chi connectivity index (χ2v) is 8.37. The molecule has 0 saturated heterocycles. The third-order valence-corrected chi connectivity index (χ3v) is 6.50. The SMILES string of the molecule is Brc1ccc2c(c1)c1cc3[nH]c4ccsc4c3cc1n2-c1ccccc1. The fraction of sp³-hybridized carbons (Fsp3) is 0. The number of nitrogens with one attached hydrogen (secondary N) is 1. The van der Waals surface area contributed by atoms with Gasteiger partial charge in [-0.3, -0.25) is 0 Å². The minimum atomic E-state index is 1.10. The molecule has 2 nitrogen and oxygen atoms in total. The smallest absolute Gasteiger partial charge is 0.0599 e. The molecule has 4 heteroatoms. The summed E-state index contributed by atoms with van der Waals surface area (Å²) in [7, 11) is 0. The molecule has 6 aromatic rings. The Morgan fingerprint density at radius 1 is 0.769 bits per heavy atom. The van der Waals surface area contributed by atoms with Crippen LogP contribution in [0.5, 0.6) is 0 Å². The third kappa shape index (κ3) is 1.91. The number of aromatic amines is 1. The topological polar surface area (TPSA) is 20.7 Å². The lowest BCUT2D eigenvalue weighted by atomic mass is 10.1. The van der Waals surface area contributed by atoms with Crippen molar-refractivity contribution in [3.63, 3.8) is 0 Å². The highest BCUT2D eigenvalue weighted by molar-refractivity contribution is 9.10. The van der Waals surface area contributed by atoms with Crippen molar-refractivity contribution in [3.05, 3.63) is 76.6 Å². The summed E-state index contributed by atoms with van der Waals surface area (Å²) in [6, 6.07) is 23.9. The van der Waals surface area contributed by atoms with Crippen LogP contribution in [0.4, 0.5) is 0 Å². The van der Waals surface area contributed by atoms with Crippen LogP contribution in [0.2, 0.25) is 0 Å². The van der Waals surface area contributed by atoms with Crippen molar-refractivity contribution >= 4 is 70.2 Å². The second kappa shape index (κ2) is 5.22. The number of thiophene rings is 1. The van der Waals surface area contributed by atoms with Gasteiger partial charge in [-0.1, -0.05) is 34.1 Å². The van der Waals surface area contributed by atoms with Crippen LogP contribution >= 0.6 is 27.3 Å². The number of hydrogen-bond donors (Lipinski definition) is 1. The maximum absolute atomic E-state index is 3.64. The number of aromatic nitrogens is 2. The Labute approximate surface area is 161 Å². The van der Waals surface area contributed by atoms with Crippen LogP contribution in [0.15, 0.2) is 76.6 Å². The molecule has 6 rings (SSSR count). The summed E-state index contributed by atoms with van der Waals surface area (Å²) in [6.07, 6.45) is 0. The molecule has 0 aliphatic rings. The van der Waals surface area contributed by atoms with Crippen LogP contribution in [0.25, 0.3) is 48.6 Å². The van der Waals surface area contributed by atoms with Crippen molar-refractivity contribution in [2.24, 2.45) is 0 Å². The summed E-state index contributed by atoms with van der Waals surface area (Å²) in [5.74, 6) is 0. The molecule has 0 amide bonds. The van der Waals surface area contributed by atoms with Crippen molar-refractivity contribution in [1.29, 1.82) is 0 Å². The monoisotopic (exact) mass is 416 g/mol. The Kier molecular flexibility index (Phi) is 2.93. The zero-order chi connectivity index (χ0) is 17.3. The van der Waals surface area contributed by atoms with Gasteiger partial charge in [0, 0.05) is 31.8 Å². The van der Waals surface area contributed by atoms with Crippen molar-refractivity contribution in [3.8, 4) is 5.69 Å². The first-order valence-corrected chi connectivity index (χ1v) is 10.1. The largest absolute Gasteiger partial charge is 0.354 e. The van der Waals surface area contributed by atoms with Gasteiger partial charge in [0.15, 0.2) is 0 Å². The van der Waals surface area contributed by atoms with Gasteiger partial charge in [0.2, 0.25) is 0 Å². The average molecular weight is 417 g/mol. The van der Waals surface area contributed by atoms with Gasteiger partial charge < -0.3 is 9.55 Å². The molecule has 1 N–H and O–H groups in total. The number of H-pyrrole nitrogens is 1. The Bertz CT molecular complexity index is 1440. The highest BCUT2D eigenvalue weighted by Gasteiger charge is 2.15. The summed E-state index contributed by atoms with van der Waals surface area (Å²) in [6.45, 7) is 0. The van der Waals surface area contributed by atoms with Crippen molar-refractivity contribution < 1.29 is 0 Å². The highest BCUT2D eigenvalue weighted by Crippen LogP contribution is 2.38. The van der Waals surface area contributed by atoms with E-state index >= 15 is 0 Å². The molecule has 3 aromatic carbocycles. The lowest BCUT2D eigenvalue weighted by molar-refractivity contribution is 1.18. The van der Waals surface area contributed by atoms with E-state index in [1.807, 2.05) is 0 Å². The van der Waals surface area contributed by atoms with E-state index in [2.05, 4.69) is 97.6 Å². The number of benzene rings is 3. The van der Waals surface area contributed by atoms with Gasteiger partial charge in [-0.15, -0.1) is 11.3 Å². The number of rotatable bonds is 1. The molecule has 0 fully saturated rings. The van der Waals surface area contributed by atoms with E-state index in [4.69, 9.17) is 0 Å². The molecule has 0 unspecified atom stereocenters. The first kappa shape index (κ1) is 14.6. The summed E-state index contributed by atoms with van der Waals surface area (Å²) in [4.78, 5) is 3.57. The molecule has 0 aliphatic heterocycles. The molecule has 0 aliphatic carbocycles. The van der Waals surface area contributed by atoms with Crippen LogP contribution < -0.4 is 0 Å². The molecular formula is C22H13BrN2S. The van der Waals surface area contributed by atoms with Crippen LogP contribution in [0.3, 0.4) is 0 Å². The van der Waals surface area contributed by atoms with Gasteiger partial charge in [0.05, 0.1) is 21.3 Å². The van der Waals surface area contributed by atoms with E-state index < -0.39 is 0 Å². The van der Waals surface area contributed by atoms with Crippen molar-refractivity contribution in [2.75, 3.05) is 0 Å². The predicted molar refractivity (Wildman–Crippen MR) is 116 cm³/mol. The fourth-order valence-electron chi connectivity index (χ4n) is 3.95. The number of para-hydroxylation sites is 1. The van der Waals surface area contributed by atoms with E-state index in [0.29, 0.717) is 0 Å². The maximum atomic E-state index is 3.64. The molecule has 0 bridgehead atoms. The summed E-state index contributed by atoms with van der Waals surface area (Å²) in [5, 5.41) is 5.97. The first-order valence-electron chi connectivity index (χ1n) is 8.48. The summed E-state index contributed by atoms with van der Waals surface area (Å²) < 4.78 is 4.79. The molecular weight excluding hydrogens is 404 g/mol. The van der Waals surface area contributed by atoms with Crippen LogP contribution in [-0.4, -0.2) is 9.55 Å². The van der Waals surface area contributed by atoms with Gasteiger partial charge in [-0.2, -0.15) is 0 Å². The lowest BCUT2D eigenvalue weighted by Gasteiger charge is -2.07. The van der Waals surface area contributed by atoms with Crippen LogP contribution in [-0.2, 0) is 0 Å². The molecule has 0 spiro atoms. The Morgan fingerprint density at radius 2 is 1.62 bits per heavy atom. The molecule has 3 heterocycles. The molecule has 26 heavy (non-hydrogen) atoms. The van der Waals surface area contributed by atoms with Gasteiger partial charge in [0.25, 0.3) is 0 Å². The van der Waals surface area contributed by atoms with Gasteiger partial charge in [0.1, 0.15) is 0 Å². The van der Waals surface area contributed by atoms with E-state index in [1.54, 1.807) is 11.3 Å². The van der Waals surface area contributed by atoms with E-state index in [0.717, 1.165) is 4.47 Å². The van der Waals surface area contributed by atoms with E-state index in [9.17, 15) is 0 Å². The van der Waals surface area contributed by atoms with Crippen LogP contribution in [0.1, 0.15) is 0 Å². The molecule has 124 valence electrons. The van der Waals surface area contributed by atoms with Gasteiger partial charge in [-0.25, -0.2) is 0 Å². The first-order chi connectivity index (χ1) is 12.8. The molecule has 3 aromatic heterocycles. The zero-order valence-corrected chi connectivity index (χ0v) is 16.1. The third-order valence-electron chi connectivity index (χ3n) is 5.06. The maximum Gasteiger partial charge on any atom is 0.0599 e. The van der Waals surface area contributed by atoms with E-state index in [-0.39, 0.29) is 0 Å². The second-order valence-electron chi connectivity index (χ2n) is 6.54. The molecule has 0 saturated carbocycles. The normalized spacial score (nSPS) is 12.0. The number of hydrogen-bond acceptors (Lipinski definition) is 1. The van der Waals surface area contributed by atoms with Crippen LogP contribution in [0, 0.1) is 0 Å². The van der Waals surface area contributed by atoms with Crippen molar-refractivity contribution in [1.82, 2.24) is 9.55 Å². The summed E-state index contributed by atoms with van der Waals surface area (Å²) >= 11 is 5.43. The Balaban J connectivity index is 1.87. The zero-order valence-electron chi connectivity index (χ0n) is 13.7. The van der Waals surface area contributed by atoms with E-state index in [1.165, 1.54) is 48.6 Å². The molecule has 0 radical (unpaired) electrons. The minimum Gasteiger partial charge on any atom is -0.354 e. The Hall–Kier alpha value is -2.56. The van der Waals surface area contributed by atoms with Crippen molar-refractivity contribution in [2.45, 2.75) is 0 Å². The number of fused-ring (bicyclic) bond motifs is 6. The predicted octanol–water partition coefficient (Wildman–Crippen LogP) is 7.24. The van der Waals surface area contributed by atoms with Gasteiger partial charge in [-0.05, 0) is 53.9 Å². The lowest BCUT2D eigenvalue weighted by Crippen LogP contribution is -1.92. The highest BCUT2D eigenvalue weighted by atomic mass is 79.9. The standard InChI is InChI=1S/C22H13BrN2S/c23-13-6-7-20-15(10-13)16-11-19-17(22-18(24-19)8-9-26-22)12-21(16)25(20)14-4-2-1-3-5-14/h1-12,24H. The average Bonchev–Trinajstić information content (AvgIpc) is 3.32. The number of nitrogens with zero attached hydrogens (tertiary/aromatic N) is 1. The number of halogens is 1. The minimum absolute atomic E-state index is 1.10. The van der Waals surface area contributed by atoms with Gasteiger partial charge >= 0.3 is 0 Å². The fourth-order valence-corrected chi connectivity index (χ4v) is 5.19. The molecule has 0 atom stereocenters. The quantitative estimate of drug-likeness (QED) is 0.291. The summed E-state index contributed by atoms with van der Waals surface area (Å²) in [5.41, 5.74) is 6.07. The Morgan fingerprint density at radius 3 is 2.50 bits per heavy atom.